The number of hydrogen-bond donors (Lipinski definition) is 0. The quantitative estimate of drug-likeness (QED) is 0.721. The lowest BCUT2D eigenvalue weighted by Crippen LogP contribution is -2.32. The highest BCUT2D eigenvalue weighted by molar-refractivity contribution is 7.17. The predicted molar refractivity (Wildman–Crippen MR) is 62.7 cm³/mol. The third-order valence-electron chi connectivity index (χ3n) is 2.98. The van der Waals surface area contributed by atoms with Crippen LogP contribution in [0.1, 0.15) is 35.9 Å². The van der Waals surface area contributed by atoms with E-state index in [1.807, 2.05) is 0 Å². The first kappa shape index (κ1) is 10.6. The maximum atomic E-state index is 10.6. The molecule has 0 unspecified atom stereocenters. The number of nitrogens with zero attached hydrogens (tertiary/aromatic N) is 2. The van der Waals surface area contributed by atoms with Gasteiger partial charge < -0.3 is 4.90 Å². The molecule has 0 saturated heterocycles. The molecule has 1 aromatic rings. The molecule has 0 bridgehead atoms. The number of hydrogen-bond acceptors (Lipinski definition) is 4. The second-order valence-electron chi connectivity index (χ2n) is 4.00. The normalized spacial score (nSPS) is 16.1. The van der Waals surface area contributed by atoms with E-state index in [9.17, 15) is 4.79 Å². The van der Waals surface area contributed by atoms with Crippen molar-refractivity contribution in [2.45, 2.75) is 26.2 Å². The Morgan fingerprint density at radius 1 is 1.67 bits per heavy atom. The molecule has 1 aliphatic carbocycles. The van der Waals surface area contributed by atoms with E-state index in [2.05, 4.69) is 16.8 Å². The smallest absolute Gasteiger partial charge is 0.185 e. The van der Waals surface area contributed by atoms with Crippen LogP contribution in [0.5, 0.6) is 0 Å². The fourth-order valence-electron chi connectivity index (χ4n) is 1.81. The van der Waals surface area contributed by atoms with Crippen molar-refractivity contribution < 1.29 is 4.79 Å². The number of anilines is 1. The average Bonchev–Trinajstić information content (AvgIpc) is 2.65. The van der Waals surface area contributed by atoms with Crippen molar-refractivity contribution in [3.05, 3.63) is 11.1 Å². The molecule has 0 atom stereocenters. The molecule has 3 nitrogen and oxygen atoms in total. The molecule has 0 aliphatic heterocycles. The van der Waals surface area contributed by atoms with Gasteiger partial charge in [-0.3, -0.25) is 4.79 Å². The summed E-state index contributed by atoms with van der Waals surface area (Å²) in [5.41, 5.74) is 0. The van der Waals surface area contributed by atoms with E-state index in [0.29, 0.717) is 0 Å². The first-order valence-electron chi connectivity index (χ1n) is 5.49. The second kappa shape index (κ2) is 4.75. The molecule has 0 radical (unpaired) electrons. The van der Waals surface area contributed by atoms with Gasteiger partial charge in [-0.15, -0.1) is 0 Å². The number of aldehydes is 1. The van der Waals surface area contributed by atoms with Crippen molar-refractivity contribution in [1.29, 1.82) is 0 Å². The number of aromatic nitrogens is 1. The Morgan fingerprint density at radius 2 is 2.47 bits per heavy atom. The molecule has 1 aliphatic rings. The molecule has 0 N–H and O–H groups in total. The van der Waals surface area contributed by atoms with Crippen molar-refractivity contribution in [1.82, 2.24) is 4.98 Å². The van der Waals surface area contributed by atoms with Crippen molar-refractivity contribution >= 4 is 22.8 Å². The van der Waals surface area contributed by atoms with Gasteiger partial charge in [0.15, 0.2) is 11.4 Å². The van der Waals surface area contributed by atoms with Crippen LogP contribution in [0.25, 0.3) is 0 Å². The van der Waals surface area contributed by atoms with E-state index in [1.165, 1.54) is 30.6 Å². The highest BCUT2D eigenvalue weighted by Gasteiger charge is 2.21. The van der Waals surface area contributed by atoms with Crippen LogP contribution in [-0.4, -0.2) is 24.4 Å². The Kier molecular flexibility index (Phi) is 3.36. The largest absolute Gasteiger partial charge is 0.348 e. The summed E-state index contributed by atoms with van der Waals surface area (Å²) in [6, 6.07) is 0. The summed E-state index contributed by atoms with van der Waals surface area (Å²) in [6.45, 7) is 4.21. The van der Waals surface area contributed by atoms with E-state index in [4.69, 9.17) is 0 Å². The van der Waals surface area contributed by atoms with Crippen LogP contribution in [0.15, 0.2) is 6.20 Å². The minimum absolute atomic E-state index is 0.719. The summed E-state index contributed by atoms with van der Waals surface area (Å²) >= 11 is 1.49. The Bertz CT molecular complexity index is 333. The van der Waals surface area contributed by atoms with E-state index in [-0.39, 0.29) is 0 Å². The van der Waals surface area contributed by atoms with Gasteiger partial charge in [0.25, 0.3) is 0 Å². The Hall–Kier alpha value is -0.900. The first-order valence-corrected chi connectivity index (χ1v) is 6.31. The van der Waals surface area contributed by atoms with Crippen LogP contribution >= 0.6 is 11.3 Å². The molecule has 1 aromatic heterocycles. The van der Waals surface area contributed by atoms with E-state index >= 15 is 0 Å². The van der Waals surface area contributed by atoms with E-state index < -0.39 is 0 Å². The molecule has 1 saturated carbocycles. The van der Waals surface area contributed by atoms with Crippen LogP contribution in [0.2, 0.25) is 0 Å². The van der Waals surface area contributed by atoms with Gasteiger partial charge in [0, 0.05) is 13.1 Å². The van der Waals surface area contributed by atoms with Gasteiger partial charge >= 0.3 is 0 Å². The van der Waals surface area contributed by atoms with Crippen molar-refractivity contribution in [3.8, 4) is 0 Å². The summed E-state index contributed by atoms with van der Waals surface area (Å²) in [7, 11) is 0. The molecule has 15 heavy (non-hydrogen) atoms. The van der Waals surface area contributed by atoms with Crippen molar-refractivity contribution in [2.75, 3.05) is 18.0 Å². The van der Waals surface area contributed by atoms with Gasteiger partial charge in [-0.1, -0.05) is 17.8 Å². The van der Waals surface area contributed by atoms with Crippen LogP contribution in [-0.2, 0) is 0 Å². The fraction of sp³-hybridized carbons (Fsp3) is 0.636. The first-order chi connectivity index (χ1) is 7.33. The summed E-state index contributed by atoms with van der Waals surface area (Å²) in [5.74, 6) is 0.841. The van der Waals surface area contributed by atoms with Gasteiger partial charge in [-0.25, -0.2) is 4.98 Å². The Morgan fingerprint density at radius 3 is 2.93 bits per heavy atom. The molecular weight excluding hydrogens is 208 g/mol. The Labute approximate surface area is 94.1 Å². The van der Waals surface area contributed by atoms with Gasteiger partial charge in [0.2, 0.25) is 0 Å². The topological polar surface area (TPSA) is 33.2 Å². The number of rotatable bonds is 5. The van der Waals surface area contributed by atoms with Crippen LogP contribution in [0.4, 0.5) is 5.13 Å². The maximum absolute atomic E-state index is 10.6. The second-order valence-corrected chi connectivity index (χ2v) is 5.04. The monoisotopic (exact) mass is 224 g/mol. The molecule has 1 fully saturated rings. The van der Waals surface area contributed by atoms with E-state index in [0.717, 1.165) is 35.3 Å². The lowest BCUT2D eigenvalue weighted by atomic mass is 9.85. The van der Waals surface area contributed by atoms with E-state index in [1.54, 1.807) is 6.20 Å². The SMILES string of the molecule is CCN(CC1CCC1)c1ncc(C=O)s1. The summed E-state index contributed by atoms with van der Waals surface area (Å²) < 4.78 is 0. The fourth-order valence-corrected chi connectivity index (χ4v) is 2.61. The standard InChI is InChI=1S/C11H16N2OS/c1-2-13(7-9-4-3-5-9)11-12-6-10(8-14)15-11/h6,8-9H,2-5,7H2,1H3. The minimum Gasteiger partial charge on any atom is -0.348 e. The highest BCUT2D eigenvalue weighted by atomic mass is 32.1. The van der Waals surface area contributed by atoms with Gasteiger partial charge in [-0.2, -0.15) is 0 Å². The number of carbonyl (C=O) groups is 1. The molecule has 4 heteroatoms. The lowest BCUT2D eigenvalue weighted by molar-refractivity contribution is 0.112. The van der Waals surface area contributed by atoms with Gasteiger partial charge in [0.1, 0.15) is 0 Å². The zero-order valence-corrected chi connectivity index (χ0v) is 9.80. The highest BCUT2D eigenvalue weighted by Crippen LogP contribution is 2.30. The summed E-state index contributed by atoms with van der Waals surface area (Å²) in [5, 5.41) is 0.992. The Balaban J connectivity index is 2.00. The molecular formula is C11H16N2OS. The lowest BCUT2D eigenvalue weighted by Gasteiger charge is -2.31. The molecule has 0 spiro atoms. The molecule has 2 rings (SSSR count). The third kappa shape index (κ3) is 2.37. The summed E-state index contributed by atoms with van der Waals surface area (Å²) in [4.78, 5) is 17.9. The number of thiazole rings is 1. The minimum atomic E-state index is 0.719. The molecule has 82 valence electrons. The average molecular weight is 224 g/mol. The third-order valence-corrected chi connectivity index (χ3v) is 3.97. The van der Waals surface area contributed by atoms with Crippen LogP contribution in [0.3, 0.4) is 0 Å². The van der Waals surface area contributed by atoms with Crippen molar-refractivity contribution in [2.24, 2.45) is 5.92 Å². The maximum Gasteiger partial charge on any atom is 0.185 e. The number of carbonyl (C=O) groups excluding carboxylic acids is 1. The van der Waals surface area contributed by atoms with Crippen LogP contribution in [0, 0.1) is 5.92 Å². The molecule has 0 amide bonds. The van der Waals surface area contributed by atoms with Gasteiger partial charge in [0.05, 0.1) is 11.1 Å². The van der Waals surface area contributed by atoms with Gasteiger partial charge in [-0.05, 0) is 25.7 Å². The molecule has 0 aromatic carbocycles. The zero-order valence-electron chi connectivity index (χ0n) is 8.98. The van der Waals surface area contributed by atoms with Crippen molar-refractivity contribution in [3.63, 3.8) is 0 Å². The van der Waals surface area contributed by atoms with Crippen LogP contribution < -0.4 is 4.90 Å². The molecule has 1 heterocycles. The zero-order chi connectivity index (χ0) is 10.7. The summed E-state index contributed by atoms with van der Waals surface area (Å²) in [6.07, 6.45) is 6.61. The predicted octanol–water partition coefficient (Wildman–Crippen LogP) is 2.58.